The van der Waals surface area contributed by atoms with Crippen molar-refractivity contribution >= 4 is 29.2 Å². The number of piperidine rings is 1. The number of nitrogens with zero attached hydrogens (tertiary/aromatic N) is 5. The van der Waals surface area contributed by atoms with Crippen LogP contribution in [0.15, 0.2) is 29.5 Å². The Hall–Kier alpha value is -2.62. The number of methoxy groups -OCH3 is 1. The van der Waals surface area contributed by atoms with E-state index in [1.54, 1.807) is 11.8 Å². The Kier molecular flexibility index (Phi) is 7.40. The van der Waals surface area contributed by atoms with E-state index in [9.17, 15) is 4.79 Å². The number of fused-ring (bicyclic) bond motifs is 1. The Labute approximate surface area is 212 Å². The Balaban J connectivity index is 1.37. The molecule has 0 bridgehead atoms. The SMILES string of the molecule is COc1ccc(-c2cnn(C)c2)c2c1CC(NC(=O)N1CCC(C)(OCC[N+](C)(C)CCl)CC1)=N2. The molecular formula is C25H36ClN6O3+. The topological polar surface area (TPSA) is 81.0 Å². The molecule has 2 aromatic rings. The molecule has 1 aromatic heterocycles. The molecule has 1 saturated heterocycles. The van der Waals surface area contributed by atoms with Crippen LogP contribution in [0.5, 0.6) is 5.75 Å². The molecule has 0 unspecified atom stereocenters. The van der Waals surface area contributed by atoms with Crippen molar-refractivity contribution < 1.29 is 18.8 Å². The maximum atomic E-state index is 13.0. The first-order valence-electron chi connectivity index (χ1n) is 12.0. The van der Waals surface area contributed by atoms with E-state index in [4.69, 9.17) is 26.1 Å². The molecule has 9 nitrogen and oxygen atoms in total. The second-order valence-corrected chi connectivity index (χ2v) is 10.5. The highest BCUT2D eigenvalue weighted by molar-refractivity contribution is 6.16. The number of carbonyl (C=O) groups is 1. The van der Waals surface area contributed by atoms with Crippen molar-refractivity contribution in [2.75, 3.05) is 53.5 Å². The van der Waals surface area contributed by atoms with Crippen molar-refractivity contribution in [2.24, 2.45) is 12.0 Å². The third kappa shape index (κ3) is 5.79. The maximum absolute atomic E-state index is 13.0. The number of amides is 2. The van der Waals surface area contributed by atoms with Crippen molar-refractivity contribution in [1.82, 2.24) is 20.0 Å². The number of ether oxygens (including phenoxy) is 2. The molecule has 0 atom stereocenters. The first-order chi connectivity index (χ1) is 16.6. The number of hydrogen-bond acceptors (Lipinski definition) is 5. The zero-order valence-corrected chi connectivity index (χ0v) is 22.1. The molecule has 190 valence electrons. The van der Waals surface area contributed by atoms with E-state index in [2.05, 4.69) is 31.4 Å². The zero-order chi connectivity index (χ0) is 25.2. The third-order valence-electron chi connectivity index (χ3n) is 6.90. The van der Waals surface area contributed by atoms with E-state index < -0.39 is 0 Å². The van der Waals surface area contributed by atoms with E-state index in [1.165, 1.54) is 0 Å². The Morgan fingerprint density at radius 2 is 2.03 bits per heavy atom. The maximum Gasteiger partial charge on any atom is 0.322 e. The van der Waals surface area contributed by atoms with Crippen molar-refractivity contribution in [3.8, 4) is 16.9 Å². The summed E-state index contributed by atoms with van der Waals surface area (Å²) >= 11 is 6.01. The van der Waals surface area contributed by atoms with Gasteiger partial charge in [-0.1, -0.05) is 11.6 Å². The van der Waals surface area contributed by atoms with Crippen LogP contribution in [0.3, 0.4) is 0 Å². The average molecular weight is 504 g/mol. The molecular weight excluding hydrogens is 468 g/mol. The first kappa shape index (κ1) is 25.5. The van der Waals surface area contributed by atoms with Crippen LogP contribution in [0.25, 0.3) is 11.1 Å². The van der Waals surface area contributed by atoms with Crippen LogP contribution in [-0.4, -0.2) is 90.1 Å². The number of nitrogens with one attached hydrogen (secondary N) is 1. The molecule has 3 heterocycles. The summed E-state index contributed by atoms with van der Waals surface area (Å²) in [6.07, 6.45) is 5.87. The fourth-order valence-corrected chi connectivity index (χ4v) is 4.56. The number of benzene rings is 1. The van der Waals surface area contributed by atoms with Crippen molar-refractivity contribution in [2.45, 2.75) is 31.8 Å². The number of aromatic nitrogens is 2. The molecule has 0 aliphatic carbocycles. The molecule has 0 saturated carbocycles. The highest BCUT2D eigenvalue weighted by Gasteiger charge is 2.34. The van der Waals surface area contributed by atoms with E-state index >= 15 is 0 Å². The highest BCUT2D eigenvalue weighted by Crippen LogP contribution is 2.42. The predicted octanol–water partition coefficient (Wildman–Crippen LogP) is 3.54. The molecule has 2 aliphatic heterocycles. The minimum Gasteiger partial charge on any atom is -0.496 e. The third-order valence-corrected chi connectivity index (χ3v) is 7.54. The minimum absolute atomic E-state index is 0.125. The van der Waals surface area contributed by atoms with Crippen LogP contribution in [0.2, 0.25) is 0 Å². The van der Waals surface area contributed by atoms with Crippen LogP contribution in [0.1, 0.15) is 25.3 Å². The van der Waals surface area contributed by atoms with Gasteiger partial charge < -0.3 is 18.9 Å². The summed E-state index contributed by atoms with van der Waals surface area (Å²) in [5.41, 5.74) is 3.52. The lowest BCUT2D eigenvalue weighted by molar-refractivity contribution is -0.879. The summed E-state index contributed by atoms with van der Waals surface area (Å²) in [6.45, 7) is 4.92. The lowest BCUT2D eigenvalue weighted by Crippen LogP contribution is -2.51. The number of urea groups is 1. The van der Waals surface area contributed by atoms with Crippen molar-refractivity contribution in [3.63, 3.8) is 0 Å². The number of quaternary nitrogens is 1. The number of amidine groups is 1. The van der Waals surface area contributed by atoms with Gasteiger partial charge >= 0.3 is 6.03 Å². The van der Waals surface area contributed by atoms with Gasteiger partial charge in [-0.3, -0.25) is 10.00 Å². The Bertz CT molecular complexity index is 1100. The molecule has 35 heavy (non-hydrogen) atoms. The summed E-state index contributed by atoms with van der Waals surface area (Å²) in [5, 5.41) is 7.31. The van der Waals surface area contributed by atoms with E-state index in [0.717, 1.165) is 47.5 Å². The number of halogens is 1. The van der Waals surface area contributed by atoms with Gasteiger partial charge in [-0.2, -0.15) is 5.10 Å². The fourth-order valence-electron chi connectivity index (χ4n) is 4.44. The second kappa shape index (κ2) is 10.2. The number of hydrogen-bond donors (Lipinski definition) is 1. The number of likely N-dealkylation sites (N-methyl/N-ethyl adjacent to an activating group) is 1. The van der Waals surface area contributed by atoms with Gasteiger partial charge in [0.25, 0.3) is 0 Å². The molecule has 0 radical (unpaired) electrons. The van der Waals surface area contributed by atoms with Gasteiger partial charge in [-0.15, -0.1) is 0 Å². The number of rotatable bonds is 7. The second-order valence-electron chi connectivity index (χ2n) is 10.3. The van der Waals surface area contributed by atoms with Crippen LogP contribution in [0.4, 0.5) is 10.5 Å². The normalized spacial score (nSPS) is 17.2. The van der Waals surface area contributed by atoms with Crippen LogP contribution < -0.4 is 10.1 Å². The van der Waals surface area contributed by atoms with Crippen LogP contribution in [-0.2, 0) is 18.2 Å². The Morgan fingerprint density at radius 3 is 2.66 bits per heavy atom. The van der Waals surface area contributed by atoms with Gasteiger partial charge in [-0.25, -0.2) is 9.79 Å². The van der Waals surface area contributed by atoms with Crippen molar-refractivity contribution in [3.05, 3.63) is 30.1 Å². The van der Waals surface area contributed by atoms with E-state index in [1.807, 2.05) is 36.5 Å². The first-order valence-corrected chi connectivity index (χ1v) is 12.5. The fraction of sp³-hybridized carbons (Fsp3) is 0.560. The van der Waals surface area contributed by atoms with Crippen molar-refractivity contribution in [1.29, 1.82) is 0 Å². The van der Waals surface area contributed by atoms with Gasteiger partial charge in [0.05, 0.1) is 45.3 Å². The molecule has 2 aliphatic rings. The largest absolute Gasteiger partial charge is 0.496 e. The summed E-state index contributed by atoms with van der Waals surface area (Å²) in [5.74, 6) is 1.40. The zero-order valence-electron chi connectivity index (χ0n) is 21.3. The quantitative estimate of drug-likeness (QED) is 0.356. The summed E-state index contributed by atoms with van der Waals surface area (Å²) in [4.78, 5) is 19.7. The highest BCUT2D eigenvalue weighted by atomic mass is 35.5. The smallest absolute Gasteiger partial charge is 0.322 e. The monoisotopic (exact) mass is 503 g/mol. The molecule has 2 amide bonds. The molecule has 1 aromatic carbocycles. The molecule has 1 N–H and O–H groups in total. The molecule has 4 rings (SSSR count). The van der Waals surface area contributed by atoms with Gasteiger partial charge in [0.15, 0.2) is 6.00 Å². The molecule has 1 fully saturated rings. The van der Waals surface area contributed by atoms with Crippen LogP contribution in [0, 0.1) is 0 Å². The van der Waals surface area contributed by atoms with E-state index in [-0.39, 0.29) is 11.6 Å². The van der Waals surface area contributed by atoms with Gasteiger partial charge in [-0.05, 0) is 31.9 Å². The minimum atomic E-state index is -0.226. The van der Waals surface area contributed by atoms with Crippen LogP contribution >= 0.6 is 11.6 Å². The Morgan fingerprint density at radius 1 is 1.29 bits per heavy atom. The van der Waals surface area contributed by atoms with Gasteiger partial charge in [0.1, 0.15) is 18.1 Å². The molecule has 0 spiro atoms. The lowest BCUT2D eigenvalue weighted by Gasteiger charge is -2.39. The lowest BCUT2D eigenvalue weighted by atomic mass is 9.93. The standard InChI is InChI=1S/C25H35ClN6O3/c1-25(35-13-12-32(3,4)17-26)8-10-31(11-9-25)24(33)29-22-14-20-21(34-5)7-6-19(23(20)28-22)18-15-27-30(2)16-18/h6-7,15-16H,8-14,17H2,1-5H3/p+1. The number of likely N-dealkylation sites (tertiary alicyclic amines) is 1. The number of aryl methyl sites for hydroxylation is 1. The summed E-state index contributed by atoms with van der Waals surface area (Å²) < 4.78 is 14.3. The molecule has 10 heteroatoms. The summed E-state index contributed by atoms with van der Waals surface area (Å²) in [7, 11) is 7.71. The predicted molar refractivity (Wildman–Crippen MR) is 137 cm³/mol. The van der Waals surface area contributed by atoms with Gasteiger partial charge in [0.2, 0.25) is 0 Å². The summed E-state index contributed by atoms with van der Waals surface area (Å²) in [6, 6.07) is 4.36. The number of aliphatic imine (C=N–C) groups is 1. The number of carbonyl (C=O) groups excluding carboxylic acids is 1. The van der Waals surface area contributed by atoms with E-state index in [0.29, 0.717) is 42.4 Å². The average Bonchev–Trinajstić information content (AvgIpc) is 3.44. The van der Waals surface area contributed by atoms with Gasteiger partial charge in [0, 0.05) is 49.4 Å². The number of alkyl halides is 1.